The van der Waals surface area contributed by atoms with Gasteiger partial charge >= 0.3 is 11.9 Å². The number of aliphatic hydroxyl groups is 1. The Hall–Kier alpha value is -3.18. The minimum absolute atomic E-state index is 0.101. The number of hydrogen-bond donors (Lipinski definition) is 1. The summed E-state index contributed by atoms with van der Waals surface area (Å²) in [4.78, 5) is 24.2. The summed E-state index contributed by atoms with van der Waals surface area (Å²) in [7, 11) is 0. The van der Waals surface area contributed by atoms with Crippen molar-refractivity contribution < 1.29 is 24.2 Å². The van der Waals surface area contributed by atoms with Gasteiger partial charge in [0.25, 0.3) is 0 Å². The van der Waals surface area contributed by atoms with E-state index in [2.05, 4.69) is 74.6 Å². The second-order valence-electron chi connectivity index (χ2n) is 12.0. The smallest absolute Gasteiger partial charge is 0.306 e. The molecule has 0 saturated carbocycles. The first-order valence-electron chi connectivity index (χ1n) is 18.8. The van der Waals surface area contributed by atoms with E-state index in [0.717, 1.165) is 89.9 Å². The van der Waals surface area contributed by atoms with Crippen LogP contribution in [0.5, 0.6) is 0 Å². The lowest BCUT2D eigenvalue weighted by atomic mass is 10.1. The monoisotopic (exact) mass is 665 g/mol. The van der Waals surface area contributed by atoms with Gasteiger partial charge in [0, 0.05) is 12.8 Å². The average molecular weight is 665 g/mol. The van der Waals surface area contributed by atoms with Crippen LogP contribution < -0.4 is 0 Å². The summed E-state index contributed by atoms with van der Waals surface area (Å²) in [5, 5.41) is 9.53. The van der Waals surface area contributed by atoms with Crippen molar-refractivity contribution in [2.75, 3.05) is 13.2 Å². The minimum atomic E-state index is -0.803. The Kier molecular flexibility index (Phi) is 35.7. The SMILES string of the molecule is CC/C=C/C=C/C=C/C=C/CCCCCC(=O)OCC(CO)OC(=O)CCCCCCC/C=C/C/C=C/C/C=C/C/C=C/CCCCC. The summed E-state index contributed by atoms with van der Waals surface area (Å²) in [6, 6.07) is 0. The molecule has 1 N–H and O–H groups in total. The van der Waals surface area contributed by atoms with Crippen LogP contribution in [0, 0.1) is 0 Å². The van der Waals surface area contributed by atoms with Crippen molar-refractivity contribution in [2.24, 2.45) is 0 Å². The zero-order chi connectivity index (χ0) is 35.0. The van der Waals surface area contributed by atoms with Crippen LogP contribution in [0.2, 0.25) is 0 Å². The normalized spacial score (nSPS) is 13.3. The fourth-order valence-corrected chi connectivity index (χ4v) is 4.60. The highest BCUT2D eigenvalue weighted by atomic mass is 16.6. The van der Waals surface area contributed by atoms with E-state index in [1.54, 1.807) is 0 Å². The van der Waals surface area contributed by atoms with E-state index in [1.807, 2.05) is 36.5 Å². The van der Waals surface area contributed by atoms with Crippen molar-refractivity contribution in [3.05, 3.63) is 97.2 Å². The zero-order valence-corrected chi connectivity index (χ0v) is 30.5. The van der Waals surface area contributed by atoms with Crippen molar-refractivity contribution in [2.45, 2.75) is 148 Å². The summed E-state index contributed by atoms with van der Waals surface area (Å²) in [6.45, 7) is 3.89. The standard InChI is InChI=1S/C43H68O5/c1-3-5-7-9-11-13-15-17-18-19-20-21-22-23-24-26-28-30-32-34-36-38-43(46)48-41(39-44)40-47-42(45)37-35-33-31-29-27-25-16-14-12-10-8-6-4-2/h6,8,10-14,16-18,20-21,23-25,27,41,44H,3-5,7,9,15,19,22,26,28-40H2,1-2H3/b8-6+,12-10+,13-11+,16-14+,18-17+,21-20+,24-23+,27-25+. The van der Waals surface area contributed by atoms with Gasteiger partial charge in [-0.2, -0.15) is 0 Å². The Morgan fingerprint density at radius 3 is 1.56 bits per heavy atom. The van der Waals surface area contributed by atoms with Gasteiger partial charge in [-0.3, -0.25) is 9.59 Å². The van der Waals surface area contributed by atoms with Crippen molar-refractivity contribution in [3.8, 4) is 0 Å². The molecular weight excluding hydrogens is 596 g/mol. The van der Waals surface area contributed by atoms with E-state index in [9.17, 15) is 14.7 Å². The third kappa shape index (κ3) is 35.7. The molecule has 1 atom stereocenters. The van der Waals surface area contributed by atoms with E-state index in [1.165, 1.54) is 25.7 Å². The maximum atomic E-state index is 12.2. The molecule has 0 spiro atoms. The fourth-order valence-electron chi connectivity index (χ4n) is 4.60. The topological polar surface area (TPSA) is 72.8 Å². The molecule has 0 aliphatic carbocycles. The van der Waals surface area contributed by atoms with Gasteiger partial charge in [-0.05, 0) is 77.0 Å². The quantitative estimate of drug-likeness (QED) is 0.0335. The van der Waals surface area contributed by atoms with Crippen molar-refractivity contribution >= 4 is 11.9 Å². The van der Waals surface area contributed by atoms with Crippen LogP contribution in [0.15, 0.2) is 97.2 Å². The lowest BCUT2D eigenvalue weighted by Crippen LogP contribution is -2.28. The van der Waals surface area contributed by atoms with Crippen molar-refractivity contribution in [1.82, 2.24) is 0 Å². The number of allylic oxidation sites excluding steroid dienone is 16. The minimum Gasteiger partial charge on any atom is -0.462 e. The van der Waals surface area contributed by atoms with E-state index in [4.69, 9.17) is 9.47 Å². The molecule has 0 aromatic rings. The van der Waals surface area contributed by atoms with Gasteiger partial charge in [-0.25, -0.2) is 0 Å². The molecular formula is C43H68O5. The number of aliphatic hydroxyl groups excluding tert-OH is 1. The number of hydrogen-bond acceptors (Lipinski definition) is 5. The van der Waals surface area contributed by atoms with Crippen LogP contribution in [0.25, 0.3) is 0 Å². The summed E-state index contributed by atoms with van der Waals surface area (Å²) < 4.78 is 10.5. The Balaban J connectivity index is 3.71. The lowest BCUT2D eigenvalue weighted by Gasteiger charge is -2.15. The van der Waals surface area contributed by atoms with Gasteiger partial charge < -0.3 is 14.6 Å². The van der Waals surface area contributed by atoms with E-state index < -0.39 is 6.10 Å². The van der Waals surface area contributed by atoms with Gasteiger partial charge in [0.05, 0.1) is 6.61 Å². The summed E-state index contributed by atoms with van der Waals surface area (Å²) in [6.07, 6.45) is 53.2. The second-order valence-corrected chi connectivity index (χ2v) is 12.0. The Labute approximate surface area is 294 Å². The maximum Gasteiger partial charge on any atom is 0.306 e. The highest BCUT2D eigenvalue weighted by molar-refractivity contribution is 5.70. The summed E-state index contributed by atoms with van der Waals surface area (Å²) in [5.74, 6) is -0.670. The molecule has 0 aliphatic heterocycles. The van der Waals surface area contributed by atoms with E-state index in [-0.39, 0.29) is 25.2 Å². The van der Waals surface area contributed by atoms with Crippen molar-refractivity contribution in [3.63, 3.8) is 0 Å². The first-order chi connectivity index (χ1) is 23.6. The Bertz CT molecular complexity index is 979. The number of carbonyl (C=O) groups excluding carboxylic acids is 2. The molecule has 0 rings (SSSR count). The molecule has 0 amide bonds. The van der Waals surface area contributed by atoms with Gasteiger partial charge in [0.15, 0.2) is 6.10 Å². The number of carbonyl (C=O) groups is 2. The molecule has 0 radical (unpaired) electrons. The van der Waals surface area contributed by atoms with Gasteiger partial charge in [-0.15, -0.1) is 0 Å². The fraction of sp³-hybridized carbons (Fsp3) is 0.581. The molecule has 0 aromatic heterocycles. The molecule has 0 aliphatic rings. The van der Waals surface area contributed by atoms with Gasteiger partial charge in [0.2, 0.25) is 0 Å². The molecule has 0 fully saturated rings. The van der Waals surface area contributed by atoms with Crippen molar-refractivity contribution in [1.29, 1.82) is 0 Å². The molecule has 0 saturated heterocycles. The highest BCUT2D eigenvalue weighted by Crippen LogP contribution is 2.10. The largest absolute Gasteiger partial charge is 0.462 e. The first-order valence-corrected chi connectivity index (χ1v) is 18.8. The summed E-state index contributed by atoms with van der Waals surface area (Å²) >= 11 is 0. The molecule has 1 unspecified atom stereocenters. The number of rotatable bonds is 32. The molecule has 0 bridgehead atoms. The van der Waals surface area contributed by atoms with Gasteiger partial charge in [-0.1, -0.05) is 150 Å². The average Bonchev–Trinajstić information content (AvgIpc) is 3.09. The number of unbranched alkanes of at least 4 members (excludes halogenated alkanes) is 11. The predicted molar refractivity (Wildman–Crippen MR) is 205 cm³/mol. The van der Waals surface area contributed by atoms with Gasteiger partial charge in [0.1, 0.15) is 6.61 Å². The molecule has 5 nitrogen and oxygen atoms in total. The molecule has 270 valence electrons. The Morgan fingerprint density at radius 1 is 0.521 bits per heavy atom. The number of ether oxygens (including phenoxy) is 2. The number of esters is 2. The lowest BCUT2D eigenvalue weighted by molar-refractivity contribution is -0.161. The van der Waals surface area contributed by atoms with E-state index in [0.29, 0.717) is 12.8 Å². The van der Waals surface area contributed by atoms with Crippen LogP contribution in [0.3, 0.4) is 0 Å². The highest BCUT2D eigenvalue weighted by Gasteiger charge is 2.16. The third-order valence-electron chi connectivity index (χ3n) is 7.46. The third-order valence-corrected chi connectivity index (χ3v) is 7.46. The second kappa shape index (κ2) is 38.3. The molecule has 48 heavy (non-hydrogen) atoms. The molecule has 5 heteroatoms. The molecule has 0 aromatic carbocycles. The zero-order valence-electron chi connectivity index (χ0n) is 30.5. The summed E-state index contributed by atoms with van der Waals surface area (Å²) in [5.41, 5.74) is 0. The van der Waals surface area contributed by atoms with E-state index >= 15 is 0 Å². The van der Waals surface area contributed by atoms with Crippen LogP contribution in [0.4, 0.5) is 0 Å². The van der Waals surface area contributed by atoms with Crippen LogP contribution in [-0.4, -0.2) is 36.4 Å². The van der Waals surface area contributed by atoms with Crippen LogP contribution in [-0.2, 0) is 19.1 Å². The maximum absolute atomic E-state index is 12.2. The first kappa shape index (κ1) is 44.8. The Morgan fingerprint density at radius 2 is 0.979 bits per heavy atom. The molecule has 0 heterocycles. The van der Waals surface area contributed by atoms with Crippen LogP contribution >= 0.6 is 0 Å². The van der Waals surface area contributed by atoms with Crippen LogP contribution in [0.1, 0.15) is 142 Å². The predicted octanol–water partition coefficient (Wildman–Crippen LogP) is 11.7.